The van der Waals surface area contributed by atoms with Gasteiger partial charge in [0.1, 0.15) is 11.7 Å². The molecule has 114 valence electrons. The quantitative estimate of drug-likeness (QED) is 0.907. The number of benzene rings is 1. The summed E-state index contributed by atoms with van der Waals surface area (Å²) in [5.41, 5.74) is 2.24. The van der Waals surface area contributed by atoms with Gasteiger partial charge in [-0.2, -0.15) is 11.8 Å². The number of carbonyl (C=O) groups excluding carboxylic acids is 1. The van der Waals surface area contributed by atoms with Gasteiger partial charge in [-0.05, 0) is 43.6 Å². The molecule has 1 N–H and O–H groups in total. The first-order chi connectivity index (χ1) is 10.1. The van der Waals surface area contributed by atoms with Crippen molar-refractivity contribution in [1.82, 2.24) is 10.2 Å². The summed E-state index contributed by atoms with van der Waals surface area (Å²) in [6, 6.07) is 8.66. The van der Waals surface area contributed by atoms with E-state index in [0.717, 1.165) is 24.3 Å². The van der Waals surface area contributed by atoms with Gasteiger partial charge in [-0.25, -0.2) is 0 Å². The molecule has 3 rings (SSSR count). The average Bonchev–Trinajstić information content (AvgIpc) is 3.19. The van der Waals surface area contributed by atoms with Crippen LogP contribution in [-0.2, 0) is 4.79 Å². The first-order valence-corrected chi connectivity index (χ1v) is 8.98. The molecule has 2 aliphatic rings. The van der Waals surface area contributed by atoms with Gasteiger partial charge in [-0.3, -0.25) is 10.1 Å². The number of nitrogens with one attached hydrogen (secondary N) is 1. The van der Waals surface area contributed by atoms with Gasteiger partial charge in [-0.1, -0.05) is 31.2 Å². The first kappa shape index (κ1) is 14.9. The summed E-state index contributed by atoms with van der Waals surface area (Å²) < 4.78 is 0. The number of amides is 1. The SMILES string of the molecule is CCSCC(C)N1C(=O)C2(CC2)NC1c1ccccc1C. The second-order valence-electron chi connectivity index (χ2n) is 6.21. The molecule has 1 amide bonds. The number of carbonyl (C=O) groups is 1. The Morgan fingerprint density at radius 1 is 1.43 bits per heavy atom. The molecule has 2 fully saturated rings. The zero-order valence-electron chi connectivity index (χ0n) is 13.1. The molecule has 21 heavy (non-hydrogen) atoms. The van der Waals surface area contributed by atoms with E-state index in [1.54, 1.807) is 0 Å². The fourth-order valence-electron chi connectivity index (χ4n) is 3.19. The van der Waals surface area contributed by atoms with E-state index in [1.807, 2.05) is 11.8 Å². The summed E-state index contributed by atoms with van der Waals surface area (Å²) in [5, 5.41) is 3.62. The van der Waals surface area contributed by atoms with Crippen LogP contribution in [0.1, 0.15) is 44.0 Å². The molecule has 1 aromatic rings. The third-order valence-corrected chi connectivity index (χ3v) is 5.73. The summed E-state index contributed by atoms with van der Waals surface area (Å²) in [6.45, 7) is 6.47. The van der Waals surface area contributed by atoms with E-state index in [-0.39, 0.29) is 17.7 Å². The molecule has 0 radical (unpaired) electrons. The maximum absolute atomic E-state index is 12.8. The number of aryl methyl sites for hydroxylation is 1. The number of hydrogen-bond acceptors (Lipinski definition) is 3. The van der Waals surface area contributed by atoms with Gasteiger partial charge < -0.3 is 4.90 Å². The molecule has 1 saturated carbocycles. The van der Waals surface area contributed by atoms with Crippen molar-refractivity contribution in [3.05, 3.63) is 35.4 Å². The maximum atomic E-state index is 12.8. The van der Waals surface area contributed by atoms with Crippen LogP contribution in [0.2, 0.25) is 0 Å². The van der Waals surface area contributed by atoms with E-state index in [0.29, 0.717) is 5.91 Å². The predicted octanol–water partition coefficient (Wildman–Crippen LogP) is 3.10. The fraction of sp³-hybridized carbons (Fsp3) is 0.588. The Balaban J connectivity index is 1.90. The average molecular weight is 304 g/mol. The lowest BCUT2D eigenvalue weighted by atomic mass is 10.1. The molecule has 1 aliphatic heterocycles. The predicted molar refractivity (Wildman–Crippen MR) is 88.3 cm³/mol. The minimum Gasteiger partial charge on any atom is -0.318 e. The molecule has 0 aromatic heterocycles. The highest BCUT2D eigenvalue weighted by molar-refractivity contribution is 7.99. The molecule has 1 spiro atoms. The molecule has 1 saturated heterocycles. The summed E-state index contributed by atoms with van der Waals surface area (Å²) >= 11 is 1.91. The third kappa shape index (κ3) is 2.59. The fourth-order valence-corrected chi connectivity index (χ4v) is 3.92. The smallest absolute Gasteiger partial charge is 0.244 e. The summed E-state index contributed by atoms with van der Waals surface area (Å²) in [5.74, 6) is 2.41. The van der Waals surface area contributed by atoms with E-state index < -0.39 is 0 Å². The molecular formula is C17H24N2OS. The van der Waals surface area contributed by atoms with Crippen LogP contribution in [0.25, 0.3) is 0 Å². The highest BCUT2D eigenvalue weighted by Crippen LogP contribution is 2.47. The molecule has 2 unspecified atom stereocenters. The Kier molecular flexibility index (Phi) is 4.02. The van der Waals surface area contributed by atoms with Crippen LogP contribution in [0.3, 0.4) is 0 Å². The Bertz CT molecular complexity index is 541. The second-order valence-corrected chi connectivity index (χ2v) is 7.53. The second kappa shape index (κ2) is 5.65. The van der Waals surface area contributed by atoms with Crippen LogP contribution in [0.4, 0.5) is 0 Å². The van der Waals surface area contributed by atoms with Crippen molar-refractivity contribution in [1.29, 1.82) is 0 Å². The van der Waals surface area contributed by atoms with E-state index in [4.69, 9.17) is 0 Å². The topological polar surface area (TPSA) is 32.3 Å². The largest absolute Gasteiger partial charge is 0.318 e. The summed E-state index contributed by atoms with van der Waals surface area (Å²) in [4.78, 5) is 14.9. The molecule has 1 aromatic carbocycles. The Hall–Kier alpha value is -1.00. The zero-order valence-corrected chi connectivity index (χ0v) is 13.9. The number of thioether (sulfide) groups is 1. The van der Waals surface area contributed by atoms with Crippen molar-refractivity contribution in [3.63, 3.8) is 0 Å². The van der Waals surface area contributed by atoms with Gasteiger partial charge in [-0.15, -0.1) is 0 Å². The molecule has 1 aliphatic carbocycles. The Labute approximate surface area is 131 Å². The Morgan fingerprint density at radius 2 is 2.14 bits per heavy atom. The van der Waals surface area contributed by atoms with Crippen LogP contribution in [0.5, 0.6) is 0 Å². The lowest BCUT2D eigenvalue weighted by Crippen LogP contribution is -2.40. The monoisotopic (exact) mass is 304 g/mol. The lowest BCUT2D eigenvalue weighted by molar-refractivity contribution is -0.132. The van der Waals surface area contributed by atoms with E-state index in [1.165, 1.54) is 11.1 Å². The Morgan fingerprint density at radius 3 is 2.76 bits per heavy atom. The van der Waals surface area contributed by atoms with Crippen LogP contribution in [0.15, 0.2) is 24.3 Å². The van der Waals surface area contributed by atoms with Crippen LogP contribution in [0, 0.1) is 6.92 Å². The van der Waals surface area contributed by atoms with Gasteiger partial charge in [0, 0.05) is 11.8 Å². The van der Waals surface area contributed by atoms with Crippen molar-refractivity contribution in [2.45, 2.75) is 51.4 Å². The van der Waals surface area contributed by atoms with Gasteiger partial charge in [0.2, 0.25) is 5.91 Å². The highest BCUT2D eigenvalue weighted by atomic mass is 32.2. The molecule has 2 atom stereocenters. The minimum absolute atomic E-state index is 0.0358. The van der Waals surface area contributed by atoms with Crippen molar-refractivity contribution in [3.8, 4) is 0 Å². The van der Waals surface area contributed by atoms with Crippen molar-refractivity contribution >= 4 is 17.7 Å². The zero-order chi connectivity index (χ0) is 15.0. The van der Waals surface area contributed by atoms with Gasteiger partial charge >= 0.3 is 0 Å². The molecule has 1 heterocycles. The summed E-state index contributed by atoms with van der Waals surface area (Å²) in [6.07, 6.45) is 2.00. The maximum Gasteiger partial charge on any atom is 0.244 e. The number of rotatable bonds is 5. The van der Waals surface area contributed by atoms with E-state index in [2.05, 4.69) is 55.3 Å². The molecule has 0 bridgehead atoms. The third-order valence-electron chi connectivity index (χ3n) is 4.61. The number of hydrogen-bond donors (Lipinski definition) is 1. The summed E-state index contributed by atoms with van der Waals surface area (Å²) in [7, 11) is 0. The van der Waals surface area contributed by atoms with Crippen molar-refractivity contribution in [2.24, 2.45) is 0 Å². The molecule has 4 heteroatoms. The van der Waals surface area contributed by atoms with Gasteiger partial charge in [0.05, 0.1) is 0 Å². The molecule has 3 nitrogen and oxygen atoms in total. The van der Waals surface area contributed by atoms with Crippen LogP contribution >= 0.6 is 11.8 Å². The molecular weight excluding hydrogens is 280 g/mol. The van der Waals surface area contributed by atoms with Gasteiger partial charge in [0.15, 0.2) is 0 Å². The lowest BCUT2D eigenvalue weighted by Gasteiger charge is -2.31. The first-order valence-electron chi connectivity index (χ1n) is 7.83. The highest BCUT2D eigenvalue weighted by Gasteiger charge is 2.60. The van der Waals surface area contributed by atoms with E-state index >= 15 is 0 Å². The van der Waals surface area contributed by atoms with E-state index in [9.17, 15) is 4.79 Å². The van der Waals surface area contributed by atoms with Crippen LogP contribution in [-0.4, -0.2) is 33.9 Å². The standard InChI is InChI=1S/C17H24N2OS/c1-4-21-11-13(3)19-15(14-8-6-5-7-12(14)2)18-17(9-10-17)16(19)20/h5-8,13,15,18H,4,9-11H2,1-3H3. The number of nitrogens with zero attached hydrogens (tertiary/aromatic N) is 1. The normalized spacial score (nSPS) is 24.6. The minimum atomic E-state index is -0.252. The van der Waals surface area contributed by atoms with Crippen molar-refractivity contribution < 1.29 is 4.79 Å². The van der Waals surface area contributed by atoms with Crippen molar-refractivity contribution in [2.75, 3.05) is 11.5 Å². The van der Waals surface area contributed by atoms with Crippen LogP contribution < -0.4 is 5.32 Å². The van der Waals surface area contributed by atoms with Gasteiger partial charge in [0.25, 0.3) is 0 Å².